The van der Waals surface area contributed by atoms with Crippen molar-refractivity contribution in [2.24, 2.45) is 0 Å². The lowest BCUT2D eigenvalue weighted by molar-refractivity contribution is 0.306. The molecule has 0 radical (unpaired) electrons. The van der Waals surface area contributed by atoms with Crippen molar-refractivity contribution in [3.05, 3.63) is 66.1 Å². The minimum atomic E-state index is 0.108. The van der Waals surface area contributed by atoms with Crippen LogP contribution in [0.4, 0.5) is 0 Å². The molecule has 0 aliphatic carbocycles. The second-order valence-corrected chi connectivity index (χ2v) is 6.74. The first-order valence-electron chi connectivity index (χ1n) is 8.13. The predicted molar refractivity (Wildman–Crippen MR) is 94.1 cm³/mol. The lowest BCUT2D eigenvalue weighted by Gasteiger charge is -2.19. The molecule has 0 amide bonds. The molecule has 4 heteroatoms. The molecule has 0 bridgehead atoms. The number of rotatable bonds is 5. The highest BCUT2D eigenvalue weighted by Crippen LogP contribution is 2.25. The van der Waals surface area contributed by atoms with Gasteiger partial charge in [-0.3, -0.25) is 0 Å². The Hall–Kier alpha value is -2.62. The van der Waals surface area contributed by atoms with Crippen molar-refractivity contribution in [1.82, 2.24) is 10.2 Å². The summed E-state index contributed by atoms with van der Waals surface area (Å²) in [7, 11) is 0. The van der Waals surface area contributed by atoms with Crippen LogP contribution in [0.1, 0.15) is 32.2 Å². The Balaban J connectivity index is 1.59. The van der Waals surface area contributed by atoms with Gasteiger partial charge >= 0.3 is 0 Å². The highest BCUT2D eigenvalue weighted by Gasteiger charge is 2.14. The molecule has 1 heterocycles. The van der Waals surface area contributed by atoms with Gasteiger partial charge in [0.15, 0.2) is 0 Å². The van der Waals surface area contributed by atoms with Crippen LogP contribution in [0.3, 0.4) is 0 Å². The van der Waals surface area contributed by atoms with Crippen molar-refractivity contribution < 1.29 is 9.15 Å². The second kappa shape index (κ2) is 6.87. The van der Waals surface area contributed by atoms with Gasteiger partial charge in [0.2, 0.25) is 11.8 Å². The third-order valence-electron chi connectivity index (χ3n) is 3.77. The molecule has 24 heavy (non-hydrogen) atoms. The summed E-state index contributed by atoms with van der Waals surface area (Å²) in [6, 6.07) is 18.0. The maximum absolute atomic E-state index is 5.83. The highest BCUT2D eigenvalue weighted by atomic mass is 16.5. The van der Waals surface area contributed by atoms with Crippen molar-refractivity contribution in [3.8, 4) is 17.2 Å². The molecular formula is C20H22N2O2. The van der Waals surface area contributed by atoms with Gasteiger partial charge in [-0.1, -0.05) is 51.1 Å². The Morgan fingerprint density at radius 1 is 0.958 bits per heavy atom. The third kappa shape index (κ3) is 4.02. The molecule has 0 atom stereocenters. The topological polar surface area (TPSA) is 48.2 Å². The summed E-state index contributed by atoms with van der Waals surface area (Å²) in [5.74, 6) is 1.99. The van der Waals surface area contributed by atoms with E-state index < -0.39 is 0 Å². The molecule has 0 aliphatic rings. The first kappa shape index (κ1) is 16.2. The zero-order chi connectivity index (χ0) is 17.0. The fourth-order valence-corrected chi connectivity index (χ4v) is 2.36. The SMILES string of the molecule is CC(C)(C)c1cccc(OCCc2nnc(-c3ccccc3)o2)c1. The molecule has 1 aromatic heterocycles. The standard InChI is InChI=1S/C20H22N2O2/c1-20(2,3)16-10-7-11-17(14-16)23-13-12-18-21-22-19(24-18)15-8-5-4-6-9-15/h4-11,14H,12-13H2,1-3H3. The maximum atomic E-state index is 5.83. The fourth-order valence-electron chi connectivity index (χ4n) is 2.36. The number of aromatic nitrogens is 2. The Bertz CT molecular complexity index is 789. The monoisotopic (exact) mass is 322 g/mol. The molecular weight excluding hydrogens is 300 g/mol. The highest BCUT2D eigenvalue weighted by molar-refractivity contribution is 5.51. The first-order chi connectivity index (χ1) is 11.5. The molecule has 0 spiro atoms. The molecule has 3 rings (SSSR count). The Morgan fingerprint density at radius 2 is 1.75 bits per heavy atom. The van der Waals surface area contributed by atoms with Crippen LogP contribution < -0.4 is 4.74 Å². The average Bonchev–Trinajstić information content (AvgIpc) is 3.04. The van der Waals surface area contributed by atoms with Crippen molar-refractivity contribution >= 4 is 0 Å². The zero-order valence-corrected chi connectivity index (χ0v) is 14.3. The van der Waals surface area contributed by atoms with Crippen LogP contribution in [-0.2, 0) is 11.8 Å². The molecule has 0 fully saturated rings. The smallest absolute Gasteiger partial charge is 0.247 e. The van der Waals surface area contributed by atoms with Crippen LogP contribution in [0, 0.1) is 0 Å². The number of hydrogen-bond donors (Lipinski definition) is 0. The lowest BCUT2D eigenvalue weighted by Crippen LogP contribution is -2.11. The molecule has 3 aromatic rings. The maximum Gasteiger partial charge on any atom is 0.247 e. The first-order valence-corrected chi connectivity index (χ1v) is 8.13. The molecule has 124 valence electrons. The minimum absolute atomic E-state index is 0.108. The summed E-state index contributed by atoms with van der Waals surface area (Å²) in [4.78, 5) is 0. The van der Waals surface area contributed by atoms with Crippen LogP contribution in [-0.4, -0.2) is 16.8 Å². The van der Waals surface area contributed by atoms with E-state index >= 15 is 0 Å². The second-order valence-electron chi connectivity index (χ2n) is 6.74. The van der Waals surface area contributed by atoms with Crippen LogP contribution >= 0.6 is 0 Å². The van der Waals surface area contributed by atoms with Gasteiger partial charge in [0.25, 0.3) is 0 Å². The van der Waals surface area contributed by atoms with Gasteiger partial charge in [-0.05, 0) is 35.2 Å². The lowest BCUT2D eigenvalue weighted by atomic mass is 9.87. The van der Waals surface area contributed by atoms with Crippen LogP contribution in [0.2, 0.25) is 0 Å². The average molecular weight is 322 g/mol. The van der Waals surface area contributed by atoms with E-state index in [0.717, 1.165) is 11.3 Å². The zero-order valence-electron chi connectivity index (χ0n) is 14.3. The summed E-state index contributed by atoms with van der Waals surface area (Å²) >= 11 is 0. The summed E-state index contributed by atoms with van der Waals surface area (Å²) < 4.78 is 11.5. The Morgan fingerprint density at radius 3 is 2.50 bits per heavy atom. The van der Waals surface area contributed by atoms with Gasteiger partial charge in [-0.25, -0.2) is 0 Å². The fraction of sp³-hybridized carbons (Fsp3) is 0.300. The van der Waals surface area contributed by atoms with E-state index in [-0.39, 0.29) is 5.41 Å². The van der Waals surface area contributed by atoms with Gasteiger partial charge in [-0.2, -0.15) is 0 Å². The van der Waals surface area contributed by atoms with Crippen LogP contribution in [0.25, 0.3) is 11.5 Å². The Labute approximate surface area is 142 Å². The van der Waals surface area contributed by atoms with Crippen LogP contribution in [0.15, 0.2) is 59.0 Å². The van der Waals surface area contributed by atoms with Gasteiger partial charge in [0.05, 0.1) is 13.0 Å². The number of benzene rings is 2. The van der Waals surface area contributed by atoms with Crippen molar-refractivity contribution in [3.63, 3.8) is 0 Å². The van der Waals surface area contributed by atoms with E-state index in [1.165, 1.54) is 5.56 Å². The molecule has 0 saturated heterocycles. The van der Waals surface area contributed by atoms with Gasteiger partial charge in [-0.15, -0.1) is 10.2 Å². The minimum Gasteiger partial charge on any atom is -0.493 e. The summed E-state index contributed by atoms with van der Waals surface area (Å²) in [5, 5.41) is 8.17. The molecule has 0 saturated carbocycles. The van der Waals surface area contributed by atoms with Crippen LogP contribution in [0.5, 0.6) is 5.75 Å². The number of nitrogens with zero attached hydrogens (tertiary/aromatic N) is 2. The van der Waals surface area contributed by atoms with E-state index in [0.29, 0.717) is 24.8 Å². The van der Waals surface area contributed by atoms with E-state index in [2.05, 4.69) is 43.1 Å². The molecule has 0 aliphatic heterocycles. The largest absolute Gasteiger partial charge is 0.493 e. The normalized spacial score (nSPS) is 11.5. The summed E-state index contributed by atoms with van der Waals surface area (Å²) in [6.07, 6.45) is 0.583. The van der Waals surface area contributed by atoms with E-state index in [1.54, 1.807) is 0 Å². The number of hydrogen-bond acceptors (Lipinski definition) is 4. The van der Waals surface area contributed by atoms with Crippen molar-refractivity contribution in [2.75, 3.05) is 6.61 Å². The van der Waals surface area contributed by atoms with Crippen molar-refractivity contribution in [2.45, 2.75) is 32.6 Å². The van der Waals surface area contributed by atoms with Gasteiger partial charge in [0.1, 0.15) is 5.75 Å². The predicted octanol–water partition coefficient (Wildman–Crippen LogP) is 4.66. The Kier molecular flexibility index (Phi) is 4.65. The molecule has 0 N–H and O–H groups in total. The van der Waals surface area contributed by atoms with Crippen molar-refractivity contribution in [1.29, 1.82) is 0 Å². The van der Waals surface area contributed by atoms with E-state index in [1.807, 2.05) is 42.5 Å². The summed E-state index contributed by atoms with van der Waals surface area (Å²) in [5.41, 5.74) is 2.29. The summed E-state index contributed by atoms with van der Waals surface area (Å²) in [6.45, 7) is 7.07. The van der Waals surface area contributed by atoms with E-state index in [9.17, 15) is 0 Å². The third-order valence-corrected chi connectivity index (χ3v) is 3.77. The number of ether oxygens (including phenoxy) is 1. The molecule has 2 aromatic carbocycles. The quantitative estimate of drug-likeness (QED) is 0.685. The molecule has 4 nitrogen and oxygen atoms in total. The van der Waals surface area contributed by atoms with Gasteiger partial charge < -0.3 is 9.15 Å². The van der Waals surface area contributed by atoms with Gasteiger partial charge in [0, 0.05) is 5.56 Å². The molecule has 0 unspecified atom stereocenters. The van der Waals surface area contributed by atoms with E-state index in [4.69, 9.17) is 9.15 Å².